The summed E-state index contributed by atoms with van der Waals surface area (Å²) in [7, 11) is 0. The van der Waals surface area contributed by atoms with Gasteiger partial charge in [-0.15, -0.1) is 0 Å². The van der Waals surface area contributed by atoms with E-state index in [9.17, 15) is 14.4 Å². The summed E-state index contributed by atoms with van der Waals surface area (Å²) in [4.78, 5) is 41.6. The molecule has 0 fully saturated rings. The number of nitrogens with one attached hydrogen (secondary N) is 2. The first-order chi connectivity index (χ1) is 16.7. The van der Waals surface area contributed by atoms with Crippen LogP contribution in [0.1, 0.15) is 44.1 Å². The molecule has 2 aromatic carbocycles. The van der Waals surface area contributed by atoms with Crippen LogP contribution in [-0.4, -0.2) is 32.3 Å². The van der Waals surface area contributed by atoms with E-state index in [0.717, 1.165) is 11.3 Å². The monoisotopic (exact) mass is 490 g/mol. The fourth-order valence-electron chi connectivity index (χ4n) is 3.82. The summed E-state index contributed by atoms with van der Waals surface area (Å²) in [5.41, 5.74) is 9.67. The van der Waals surface area contributed by atoms with Gasteiger partial charge in [-0.3, -0.25) is 14.4 Å². The number of nitrogens with zero attached hydrogens (tertiary/aromatic N) is 3. The molecule has 0 saturated carbocycles. The van der Waals surface area contributed by atoms with E-state index in [4.69, 9.17) is 17.3 Å². The highest BCUT2D eigenvalue weighted by Crippen LogP contribution is 2.21. The van der Waals surface area contributed by atoms with Crippen LogP contribution < -0.4 is 16.4 Å². The van der Waals surface area contributed by atoms with Gasteiger partial charge in [-0.05, 0) is 62.2 Å². The van der Waals surface area contributed by atoms with Crippen molar-refractivity contribution in [3.05, 3.63) is 87.8 Å². The molecule has 4 rings (SSSR count). The molecule has 0 atom stereocenters. The lowest BCUT2D eigenvalue weighted by molar-refractivity contribution is -0.116. The van der Waals surface area contributed by atoms with Crippen LogP contribution in [0.4, 0.5) is 11.4 Å². The topological polar surface area (TPSA) is 131 Å². The van der Waals surface area contributed by atoms with Gasteiger partial charge in [0.25, 0.3) is 11.8 Å². The van der Waals surface area contributed by atoms with E-state index in [1.807, 2.05) is 13.8 Å². The number of nitrogens with two attached hydrogens (primary N) is 1. The Hall–Kier alpha value is -4.24. The molecule has 0 unspecified atom stereocenters. The van der Waals surface area contributed by atoms with Crippen LogP contribution in [0, 0.1) is 13.8 Å². The Labute approximate surface area is 206 Å². The van der Waals surface area contributed by atoms with E-state index < -0.39 is 5.91 Å². The van der Waals surface area contributed by atoms with Gasteiger partial charge >= 0.3 is 0 Å². The Morgan fingerprint density at radius 2 is 1.71 bits per heavy atom. The maximum atomic E-state index is 12.8. The molecule has 0 aliphatic carbocycles. The van der Waals surface area contributed by atoms with Crippen molar-refractivity contribution in [2.75, 3.05) is 10.6 Å². The summed E-state index contributed by atoms with van der Waals surface area (Å²) in [6.07, 6.45) is 1.95. The van der Waals surface area contributed by atoms with Gasteiger partial charge in [0.05, 0.1) is 17.4 Å². The maximum absolute atomic E-state index is 12.8. The molecule has 10 heteroatoms. The minimum atomic E-state index is -0.600. The number of carbonyl (C=O) groups is 3. The quantitative estimate of drug-likeness (QED) is 0.361. The third-order valence-corrected chi connectivity index (χ3v) is 5.88. The maximum Gasteiger partial charge on any atom is 0.257 e. The van der Waals surface area contributed by atoms with Gasteiger partial charge < -0.3 is 16.4 Å². The Kier molecular flexibility index (Phi) is 6.79. The van der Waals surface area contributed by atoms with Crippen molar-refractivity contribution in [3.63, 3.8) is 0 Å². The minimum absolute atomic E-state index is 0.159. The van der Waals surface area contributed by atoms with Gasteiger partial charge in [0.1, 0.15) is 5.56 Å². The summed E-state index contributed by atoms with van der Waals surface area (Å²) < 4.78 is 1.55. The number of primary amides is 1. The summed E-state index contributed by atoms with van der Waals surface area (Å²) in [6, 6.07) is 13.5. The molecule has 0 radical (unpaired) electrons. The molecule has 9 nitrogen and oxygen atoms in total. The van der Waals surface area contributed by atoms with E-state index in [0.29, 0.717) is 39.7 Å². The molecule has 0 spiro atoms. The second-order valence-electron chi connectivity index (χ2n) is 7.97. The zero-order chi connectivity index (χ0) is 25.1. The second kappa shape index (κ2) is 9.94. The molecule has 0 bridgehead atoms. The van der Waals surface area contributed by atoms with Crippen molar-refractivity contribution in [1.82, 2.24) is 14.6 Å². The van der Waals surface area contributed by atoms with E-state index in [2.05, 4.69) is 20.7 Å². The molecular weight excluding hydrogens is 468 g/mol. The first kappa shape index (κ1) is 23.9. The minimum Gasteiger partial charge on any atom is -0.365 e. The van der Waals surface area contributed by atoms with Gasteiger partial charge in [0.15, 0.2) is 5.65 Å². The number of halogens is 1. The Morgan fingerprint density at radius 1 is 1.00 bits per heavy atom. The molecule has 178 valence electrons. The normalized spacial score (nSPS) is 10.8. The van der Waals surface area contributed by atoms with Crippen LogP contribution in [0.5, 0.6) is 0 Å². The van der Waals surface area contributed by atoms with Crippen molar-refractivity contribution in [1.29, 1.82) is 0 Å². The number of rotatable bonds is 7. The van der Waals surface area contributed by atoms with Crippen molar-refractivity contribution < 1.29 is 14.4 Å². The van der Waals surface area contributed by atoms with Crippen LogP contribution >= 0.6 is 11.6 Å². The Balaban J connectivity index is 1.47. The average Bonchev–Trinajstić information content (AvgIpc) is 3.25. The van der Waals surface area contributed by atoms with Gasteiger partial charge in [-0.1, -0.05) is 23.7 Å². The number of benzene rings is 2. The molecule has 2 heterocycles. The predicted octanol–water partition coefficient (Wildman–Crippen LogP) is 3.92. The van der Waals surface area contributed by atoms with Gasteiger partial charge in [0.2, 0.25) is 5.91 Å². The molecule has 4 N–H and O–H groups in total. The third-order valence-electron chi connectivity index (χ3n) is 5.62. The first-order valence-electron chi connectivity index (χ1n) is 10.8. The van der Waals surface area contributed by atoms with Crippen molar-refractivity contribution in [2.24, 2.45) is 5.73 Å². The number of para-hydroxylation sites is 1. The van der Waals surface area contributed by atoms with E-state index in [1.54, 1.807) is 53.0 Å². The molecule has 2 aromatic heterocycles. The Bertz CT molecular complexity index is 1450. The number of aromatic nitrogens is 3. The van der Waals surface area contributed by atoms with Crippen LogP contribution in [0.3, 0.4) is 0 Å². The molecule has 0 saturated heterocycles. The number of carbonyl (C=O) groups excluding carboxylic acids is 3. The van der Waals surface area contributed by atoms with E-state index in [1.165, 1.54) is 6.20 Å². The predicted molar refractivity (Wildman–Crippen MR) is 134 cm³/mol. The average molecular weight is 491 g/mol. The SMILES string of the molecule is Cc1nc2c(C(N)=O)cnn2c(C)c1CCC(=O)Nc1ccccc1C(=O)Nc1ccc(Cl)cc1. The second-order valence-corrected chi connectivity index (χ2v) is 8.41. The lowest BCUT2D eigenvalue weighted by Crippen LogP contribution is -2.19. The lowest BCUT2D eigenvalue weighted by atomic mass is 10.1. The van der Waals surface area contributed by atoms with Crippen LogP contribution in [0.2, 0.25) is 5.02 Å². The highest BCUT2D eigenvalue weighted by Gasteiger charge is 2.18. The summed E-state index contributed by atoms with van der Waals surface area (Å²) >= 11 is 5.90. The fourth-order valence-corrected chi connectivity index (χ4v) is 3.95. The van der Waals surface area contributed by atoms with E-state index in [-0.39, 0.29) is 23.8 Å². The number of aryl methyl sites for hydroxylation is 2. The fraction of sp³-hybridized carbons (Fsp3) is 0.160. The largest absolute Gasteiger partial charge is 0.365 e. The molecule has 3 amide bonds. The zero-order valence-corrected chi connectivity index (χ0v) is 19.9. The lowest BCUT2D eigenvalue weighted by Gasteiger charge is -2.13. The zero-order valence-electron chi connectivity index (χ0n) is 19.1. The van der Waals surface area contributed by atoms with Gasteiger partial charge in [-0.2, -0.15) is 5.10 Å². The van der Waals surface area contributed by atoms with Crippen molar-refractivity contribution in [3.8, 4) is 0 Å². The number of amides is 3. The number of hydrogen-bond donors (Lipinski definition) is 3. The van der Waals surface area contributed by atoms with Gasteiger partial charge in [0, 0.05) is 28.5 Å². The highest BCUT2D eigenvalue weighted by atomic mass is 35.5. The molecule has 35 heavy (non-hydrogen) atoms. The Morgan fingerprint density at radius 3 is 2.43 bits per heavy atom. The highest BCUT2D eigenvalue weighted by molar-refractivity contribution is 6.30. The van der Waals surface area contributed by atoms with Crippen molar-refractivity contribution >= 4 is 46.3 Å². The van der Waals surface area contributed by atoms with Gasteiger partial charge in [-0.25, -0.2) is 9.50 Å². The summed E-state index contributed by atoms with van der Waals surface area (Å²) in [5.74, 6) is -1.21. The van der Waals surface area contributed by atoms with Crippen LogP contribution in [0.15, 0.2) is 54.7 Å². The first-order valence-corrected chi connectivity index (χ1v) is 11.2. The number of hydrogen-bond acceptors (Lipinski definition) is 5. The molecular formula is C25H23ClN6O3. The standard InChI is InChI=1S/C25H23ClN6O3/c1-14-18(15(2)32-24(29-14)20(13-28-32)23(27)34)11-12-22(33)31-21-6-4-3-5-19(21)25(35)30-17-9-7-16(26)8-10-17/h3-10,13H,11-12H2,1-2H3,(H2,27,34)(H,30,35)(H,31,33). The van der Waals surface area contributed by atoms with Crippen LogP contribution in [-0.2, 0) is 11.2 Å². The molecule has 0 aliphatic heterocycles. The van der Waals surface area contributed by atoms with Crippen LogP contribution in [0.25, 0.3) is 5.65 Å². The van der Waals surface area contributed by atoms with E-state index >= 15 is 0 Å². The van der Waals surface area contributed by atoms with Crippen molar-refractivity contribution in [2.45, 2.75) is 26.7 Å². The number of anilines is 2. The number of fused-ring (bicyclic) bond motifs is 1. The summed E-state index contributed by atoms with van der Waals surface area (Å²) in [6.45, 7) is 3.66. The molecule has 4 aromatic rings. The third kappa shape index (κ3) is 5.15. The molecule has 0 aliphatic rings. The smallest absolute Gasteiger partial charge is 0.257 e. The summed E-state index contributed by atoms with van der Waals surface area (Å²) in [5, 5.41) is 10.4.